The fourth-order valence-corrected chi connectivity index (χ4v) is 3.63. The first-order chi connectivity index (χ1) is 15.5. The molecule has 3 aromatic rings. The Balaban J connectivity index is 1.62. The molecule has 2 aromatic carbocycles. The van der Waals surface area contributed by atoms with Gasteiger partial charge in [-0.3, -0.25) is 4.79 Å². The van der Waals surface area contributed by atoms with E-state index in [0.29, 0.717) is 28.6 Å². The standard InChI is InChI=1S/C24H23N5O3/c1-14(2)31-22-10-7-16(11-17(22)12-25)24-27-23(29-32-24)20-6-4-5-19-18(20)8-9-21(19)28-26-13-15(3)30/h4-7,10-11,14,26H,8-9,13H2,1-3H3/b28-21+. The van der Waals surface area contributed by atoms with E-state index in [-0.39, 0.29) is 18.4 Å². The molecule has 0 spiro atoms. The molecule has 1 N–H and O–H groups in total. The molecule has 162 valence electrons. The first-order valence-corrected chi connectivity index (χ1v) is 10.4. The van der Waals surface area contributed by atoms with Crippen molar-refractivity contribution in [3.8, 4) is 34.7 Å². The first kappa shape index (κ1) is 21.2. The number of hydrogen-bond donors (Lipinski definition) is 1. The Morgan fingerprint density at radius 1 is 1.28 bits per heavy atom. The van der Waals surface area contributed by atoms with Gasteiger partial charge in [0.05, 0.1) is 23.9 Å². The predicted molar refractivity (Wildman–Crippen MR) is 119 cm³/mol. The topological polar surface area (TPSA) is 113 Å². The summed E-state index contributed by atoms with van der Waals surface area (Å²) >= 11 is 0. The van der Waals surface area contributed by atoms with Gasteiger partial charge in [0.1, 0.15) is 11.8 Å². The van der Waals surface area contributed by atoms with Gasteiger partial charge in [-0.25, -0.2) is 0 Å². The van der Waals surface area contributed by atoms with E-state index in [4.69, 9.17) is 9.26 Å². The van der Waals surface area contributed by atoms with Crippen molar-refractivity contribution in [2.45, 2.75) is 39.7 Å². The van der Waals surface area contributed by atoms with Gasteiger partial charge in [-0.1, -0.05) is 23.4 Å². The molecule has 0 saturated heterocycles. The fraction of sp³-hybridized carbons (Fsp3) is 0.292. The average molecular weight is 429 g/mol. The van der Waals surface area contributed by atoms with Crippen LogP contribution in [0.5, 0.6) is 5.75 Å². The number of nitrogens with zero attached hydrogens (tertiary/aromatic N) is 4. The van der Waals surface area contributed by atoms with Crippen molar-refractivity contribution in [1.82, 2.24) is 15.6 Å². The molecule has 0 atom stereocenters. The lowest BCUT2D eigenvalue weighted by Gasteiger charge is -2.11. The Bertz CT molecular complexity index is 1240. The second-order valence-corrected chi connectivity index (χ2v) is 7.84. The van der Waals surface area contributed by atoms with E-state index in [0.717, 1.165) is 35.2 Å². The second-order valence-electron chi connectivity index (χ2n) is 7.84. The summed E-state index contributed by atoms with van der Waals surface area (Å²) in [6, 6.07) is 13.3. The molecule has 1 aliphatic carbocycles. The first-order valence-electron chi connectivity index (χ1n) is 10.4. The lowest BCUT2D eigenvalue weighted by Crippen LogP contribution is -2.17. The van der Waals surface area contributed by atoms with Crippen LogP contribution in [0.4, 0.5) is 0 Å². The number of benzene rings is 2. The van der Waals surface area contributed by atoms with E-state index in [1.165, 1.54) is 6.92 Å². The van der Waals surface area contributed by atoms with Crippen LogP contribution >= 0.6 is 0 Å². The zero-order chi connectivity index (χ0) is 22.7. The van der Waals surface area contributed by atoms with Crippen LogP contribution in [0.15, 0.2) is 46.0 Å². The molecule has 0 aliphatic heterocycles. The maximum absolute atomic E-state index is 11.1. The second kappa shape index (κ2) is 9.02. The molecule has 0 fully saturated rings. The molecule has 1 aliphatic rings. The number of rotatable bonds is 7. The van der Waals surface area contributed by atoms with Gasteiger partial charge < -0.3 is 14.7 Å². The molecule has 0 bridgehead atoms. The summed E-state index contributed by atoms with van der Waals surface area (Å²) in [5, 5.41) is 18.0. The van der Waals surface area contributed by atoms with Crippen LogP contribution in [0.25, 0.3) is 22.8 Å². The number of fused-ring (bicyclic) bond motifs is 1. The van der Waals surface area contributed by atoms with Crippen LogP contribution in [-0.2, 0) is 11.2 Å². The third-order valence-corrected chi connectivity index (χ3v) is 5.02. The molecule has 0 radical (unpaired) electrons. The highest BCUT2D eigenvalue weighted by molar-refractivity contribution is 6.06. The van der Waals surface area contributed by atoms with E-state index in [2.05, 4.69) is 26.7 Å². The Labute approximate surface area is 185 Å². The van der Waals surface area contributed by atoms with E-state index in [9.17, 15) is 10.1 Å². The predicted octanol–water partition coefficient (Wildman–Crippen LogP) is 3.89. The zero-order valence-electron chi connectivity index (χ0n) is 18.2. The summed E-state index contributed by atoms with van der Waals surface area (Å²) in [7, 11) is 0. The molecular weight excluding hydrogens is 406 g/mol. The molecule has 8 nitrogen and oxygen atoms in total. The Hall–Kier alpha value is -3.99. The summed E-state index contributed by atoms with van der Waals surface area (Å²) in [5.74, 6) is 1.37. The summed E-state index contributed by atoms with van der Waals surface area (Å²) in [6.07, 6.45) is 1.54. The van der Waals surface area contributed by atoms with Gasteiger partial charge in [0.25, 0.3) is 5.89 Å². The molecule has 8 heteroatoms. The van der Waals surface area contributed by atoms with Gasteiger partial charge in [-0.2, -0.15) is 15.3 Å². The summed E-state index contributed by atoms with van der Waals surface area (Å²) in [5.41, 5.74) is 7.81. The number of hydrazone groups is 1. The number of carbonyl (C=O) groups is 1. The summed E-state index contributed by atoms with van der Waals surface area (Å²) in [6.45, 7) is 5.55. The molecule has 1 aromatic heterocycles. The molecule has 0 saturated carbocycles. The van der Waals surface area contributed by atoms with Gasteiger partial charge in [0.15, 0.2) is 5.78 Å². The third kappa shape index (κ3) is 4.37. The molecule has 0 amide bonds. The van der Waals surface area contributed by atoms with Crippen LogP contribution in [-0.4, -0.2) is 34.3 Å². The fourth-order valence-electron chi connectivity index (χ4n) is 3.63. The zero-order valence-corrected chi connectivity index (χ0v) is 18.2. The normalized spacial score (nSPS) is 13.8. The van der Waals surface area contributed by atoms with Crippen molar-refractivity contribution < 1.29 is 14.1 Å². The van der Waals surface area contributed by atoms with Gasteiger partial charge in [-0.15, -0.1) is 0 Å². The number of hydrogen-bond acceptors (Lipinski definition) is 8. The smallest absolute Gasteiger partial charge is 0.258 e. The van der Waals surface area contributed by atoms with Gasteiger partial charge in [0.2, 0.25) is 5.82 Å². The van der Waals surface area contributed by atoms with Crippen LogP contribution < -0.4 is 10.2 Å². The number of ketones is 1. The van der Waals surface area contributed by atoms with Crippen molar-refractivity contribution in [2.24, 2.45) is 5.10 Å². The third-order valence-electron chi connectivity index (χ3n) is 5.02. The van der Waals surface area contributed by atoms with Gasteiger partial charge in [0, 0.05) is 16.7 Å². The van der Waals surface area contributed by atoms with Crippen molar-refractivity contribution in [1.29, 1.82) is 5.26 Å². The minimum atomic E-state index is -0.0331. The largest absolute Gasteiger partial charge is 0.490 e. The maximum atomic E-state index is 11.1. The van der Waals surface area contributed by atoms with E-state index in [1.54, 1.807) is 18.2 Å². The number of nitriles is 1. The van der Waals surface area contributed by atoms with Gasteiger partial charge >= 0.3 is 0 Å². The van der Waals surface area contributed by atoms with Gasteiger partial charge in [-0.05, 0) is 57.4 Å². The van der Waals surface area contributed by atoms with Crippen LogP contribution in [0, 0.1) is 11.3 Å². The maximum Gasteiger partial charge on any atom is 0.258 e. The van der Waals surface area contributed by atoms with Crippen molar-refractivity contribution in [3.63, 3.8) is 0 Å². The van der Waals surface area contributed by atoms with E-state index >= 15 is 0 Å². The summed E-state index contributed by atoms with van der Waals surface area (Å²) < 4.78 is 11.2. The number of ether oxygens (including phenoxy) is 1. The highest BCUT2D eigenvalue weighted by Gasteiger charge is 2.24. The number of nitrogens with one attached hydrogen (secondary N) is 1. The highest BCUT2D eigenvalue weighted by atomic mass is 16.5. The van der Waals surface area contributed by atoms with Crippen molar-refractivity contribution >= 4 is 11.5 Å². The summed E-state index contributed by atoms with van der Waals surface area (Å²) in [4.78, 5) is 15.7. The van der Waals surface area contributed by atoms with E-state index < -0.39 is 0 Å². The Kier molecular flexibility index (Phi) is 5.99. The quantitative estimate of drug-likeness (QED) is 0.567. The Morgan fingerprint density at radius 2 is 2.09 bits per heavy atom. The molecular formula is C24H23N5O3. The number of Topliss-reactive ketones (excluding diaryl/α,β-unsaturated/α-hetero) is 1. The van der Waals surface area contributed by atoms with Crippen molar-refractivity contribution in [3.05, 3.63) is 53.1 Å². The minimum Gasteiger partial charge on any atom is -0.490 e. The number of aromatic nitrogens is 2. The minimum absolute atomic E-state index is 0.0315. The Morgan fingerprint density at radius 3 is 2.84 bits per heavy atom. The molecule has 4 rings (SSSR count). The van der Waals surface area contributed by atoms with Crippen molar-refractivity contribution in [2.75, 3.05) is 6.54 Å². The number of carbonyl (C=O) groups excluding carboxylic acids is 1. The van der Waals surface area contributed by atoms with E-state index in [1.807, 2.05) is 32.0 Å². The monoisotopic (exact) mass is 429 g/mol. The molecule has 1 heterocycles. The molecule has 32 heavy (non-hydrogen) atoms. The SMILES string of the molecule is CC(=O)CN/N=C1\CCc2c1cccc2-c1noc(-c2ccc(OC(C)C)c(C#N)c2)n1. The van der Waals surface area contributed by atoms with Crippen LogP contribution in [0.1, 0.15) is 43.9 Å². The van der Waals surface area contributed by atoms with Crippen LogP contribution in [0.2, 0.25) is 0 Å². The lowest BCUT2D eigenvalue weighted by molar-refractivity contribution is -0.116. The van der Waals surface area contributed by atoms with Crippen LogP contribution in [0.3, 0.4) is 0 Å². The highest BCUT2D eigenvalue weighted by Crippen LogP contribution is 2.33. The lowest BCUT2D eigenvalue weighted by atomic mass is 10.0. The average Bonchev–Trinajstić information content (AvgIpc) is 3.41. The molecule has 0 unspecified atom stereocenters.